The van der Waals surface area contributed by atoms with Gasteiger partial charge in [0.25, 0.3) is 0 Å². The summed E-state index contributed by atoms with van der Waals surface area (Å²) in [5.41, 5.74) is 4.21. The first kappa shape index (κ1) is 28.1. The van der Waals surface area contributed by atoms with Crippen molar-refractivity contribution >= 4 is 46.2 Å². The standard InChI is InChI=1S/C31H31ClN8O3/c1-38(14-15-39(2)31(41)35-24-11-9-23(32)10-12-24)30-36-28(33-17-22-8-13-25-26(16-22)43-20-42-25)27-29(37-30)40(19-34-27)18-21-6-4-3-5-7-21/h3-13,16,19H,14-15,17-18,20H2,1-2H3,(H,35,41)(H,33,36,37). The van der Waals surface area contributed by atoms with E-state index in [1.54, 1.807) is 42.5 Å². The average Bonchev–Trinajstić information content (AvgIpc) is 3.67. The molecule has 0 unspecified atom stereocenters. The molecule has 5 aromatic rings. The number of nitrogens with zero attached hydrogens (tertiary/aromatic N) is 6. The summed E-state index contributed by atoms with van der Waals surface area (Å²) in [7, 11) is 3.65. The monoisotopic (exact) mass is 598 g/mol. The molecule has 0 saturated carbocycles. The highest BCUT2D eigenvalue weighted by molar-refractivity contribution is 6.30. The van der Waals surface area contributed by atoms with Crippen LogP contribution in [0.1, 0.15) is 11.1 Å². The quantitative estimate of drug-likeness (QED) is 0.218. The molecule has 0 radical (unpaired) electrons. The zero-order chi connectivity index (χ0) is 29.8. The van der Waals surface area contributed by atoms with Gasteiger partial charge in [-0.15, -0.1) is 0 Å². The molecule has 43 heavy (non-hydrogen) atoms. The van der Waals surface area contributed by atoms with Gasteiger partial charge in [0.2, 0.25) is 12.7 Å². The van der Waals surface area contributed by atoms with Crippen LogP contribution in [-0.4, -0.2) is 64.4 Å². The van der Waals surface area contributed by atoms with Crippen LogP contribution in [0.5, 0.6) is 11.5 Å². The summed E-state index contributed by atoms with van der Waals surface area (Å²) in [6.45, 7) is 2.30. The summed E-state index contributed by atoms with van der Waals surface area (Å²) in [5, 5.41) is 6.94. The maximum absolute atomic E-state index is 12.7. The van der Waals surface area contributed by atoms with Crippen LogP contribution in [0.15, 0.2) is 79.1 Å². The molecule has 0 spiro atoms. The highest BCUT2D eigenvalue weighted by Gasteiger charge is 2.18. The summed E-state index contributed by atoms with van der Waals surface area (Å²) in [5.74, 6) is 2.60. The number of halogens is 1. The molecule has 12 heteroatoms. The Morgan fingerprint density at radius 3 is 2.56 bits per heavy atom. The first-order chi connectivity index (χ1) is 20.9. The third-order valence-corrected chi connectivity index (χ3v) is 7.35. The normalized spacial score (nSPS) is 11.9. The fourth-order valence-corrected chi connectivity index (χ4v) is 4.74. The number of aromatic nitrogens is 4. The van der Waals surface area contributed by atoms with E-state index in [1.165, 1.54) is 0 Å². The number of hydrogen-bond acceptors (Lipinski definition) is 8. The molecule has 1 aliphatic heterocycles. The molecule has 3 aromatic carbocycles. The molecule has 2 N–H and O–H groups in total. The van der Waals surface area contributed by atoms with Gasteiger partial charge in [0, 0.05) is 44.4 Å². The van der Waals surface area contributed by atoms with Crippen molar-refractivity contribution in [3.05, 3.63) is 95.3 Å². The molecule has 6 rings (SSSR count). The molecule has 11 nitrogen and oxygen atoms in total. The van der Waals surface area contributed by atoms with Gasteiger partial charge in [-0.1, -0.05) is 48.0 Å². The minimum absolute atomic E-state index is 0.223. The molecule has 0 bridgehead atoms. The number of ether oxygens (including phenoxy) is 2. The topological polar surface area (TPSA) is 110 Å². The van der Waals surface area contributed by atoms with E-state index >= 15 is 0 Å². The Balaban J connectivity index is 1.21. The molecule has 1 aliphatic rings. The zero-order valence-corrected chi connectivity index (χ0v) is 24.6. The number of urea groups is 1. The van der Waals surface area contributed by atoms with Crippen LogP contribution < -0.4 is 25.0 Å². The van der Waals surface area contributed by atoms with Gasteiger partial charge in [-0.05, 0) is 47.5 Å². The van der Waals surface area contributed by atoms with E-state index in [0.717, 1.165) is 22.6 Å². The van der Waals surface area contributed by atoms with Gasteiger partial charge >= 0.3 is 6.03 Å². The van der Waals surface area contributed by atoms with Gasteiger partial charge in [-0.2, -0.15) is 9.97 Å². The minimum Gasteiger partial charge on any atom is -0.454 e. The Hall–Kier alpha value is -5.03. The fourth-order valence-electron chi connectivity index (χ4n) is 4.61. The van der Waals surface area contributed by atoms with Crippen molar-refractivity contribution in [2.75, 3.05) is 49.5 Å². The second-order valence-corrected chi connectivity index (χ2v) is 10.7. The summed E-state index contributed by atoms with van der Waals surface area (Å²) in [6.07, 6.45) is 1.79. The minimum atomic E-state index is -0.223. The molecule has 0 fully saturated rings. The SMILES string of the molecule is CN(CCN(C)c1nc(NCc2ccc3c(c2)OCO3)c2ncn(Cc3ccccc3)c2n1)C(=O)Nc1ccc(Cl)cc1. The molecule has 2 amide bonds. The lowest BCUT2D eigenvalue weighted by molar-refractivity contribution is 0.174. The number of rotatable bonds is 10. The van der Waals surface area contributed by atoms with Crippen LogP contribution >= 0.6 is 11.6 Å². The number of benzene rings is 3. The van der Waals surface area contributed by atoms with Crippen molar-refractivity contribution in [2.45, 2.75) is 13.1 Å². The summed E-state index contributed by atoms with van der Waals surface area (Å²) in [6, 6.07) is 22.8. The third-order valence-electron chi connectivity index (χ3n) is 7.10. The van der Waals surface area contributed by atoms with E-state index in [9.17, 15) is 4.79 Å². The molecule has 220 valence electrons. The number of carbonyl (C=O) groups excluding carboxylic acids is 1. The molecule has 0 saturated heterocycles. The Morgan fingerprint density at radius 2 is 1.74 bits per heavy atom. The van der Waals surface area contributed by atoms with Gasteiger partial charge in [-0.25, -0.2) is 9.78 Å². The molecule has 3 heterocycles. The van der Waals surface area contributed by atoms with E-state index in [1.807, 2.05) is 52.9 Å². The van der Waals surface area contributed by atoms with Gasteiger partial charge in [0.15, 0.2) is 28.5 Å². The average molecular weight is 599 g/mol. The van der Waals surface area contributed by atoms with Crippen LogP contribution in [0, 0.1) is 0 Å². The van der Waals surface area contributed by atoms with Crippen molar-refractivity contribution in [3.63, 3.8) is 0 Å². The van der Waals surface area contributed by atoms with Crippen molar-refractivity contribution in [2.24, 2.45) is 0 Å². The molecule has 2 aromatic heterocycles. The third kappa shape index (κ3) is 6.57. The number of nitrogens with one attached hydrogen (secondary N) is 2. The lowest BCUT2D eigenvalue weighted by atomic mass is 10.2. The first-order valence-corrected chi connectivity index (χ1v) is 14.2. The second kappa shape index (κ2) is 12.5. The van der Waals surface area contributed by atoms with Crippen molar-refractivity contribution < 1.29 is 14.3 Å². The largest absolute Gasteiger partial charge is 0.454 e. The van der Waals surface area contributed by atoms with E-state index in [0.29, 0.717) is 59.8 Å². The maximum atomic E-state index is 12.7. The van der Waals surface area contributed by atoms with E-state index in [4.69, 9.17) is 31.0 Å². The number of amides is 2. The number of imidazole rings is 1. The van der Waals surface area contributed by atoms with Crippen molar-refractivity contribution in [1.29, 1.82) is 0 Å². The van der Waals surface area contributed by atoms with Crippen molar-refractivity contribution in [3.8, 4) is 11.5 Å². The maximum Gasteiger partial charge on any atom is 0.321 e. The second-order valence-electron chi connectivity index (χ2n) is 10.2. The van der Waals surface area contributed by atoms with Crippen molar-refractivity contribution in [1.82, 2.24) is 24.4 Å². The number of fused-ring (bicyclic) bond motifs is 2. The summed E-state index contributed by atoms with van der Waals surface area (Å²) in [4.78, 5) is 30.7. The van der Waals surface area contributed by atoms with Crippen LogP contribution in [0.25, 0.3) is 11.2 Å². The fraction of sp³-hybridized carbons (Fsp3) is 0.226. The van der Waals surface area contributed by atoms with E-state index in [-0.39, 0.29) is 12.8 Å². The Kier molecular flexibility index (Phi) is 8.14. The van der Waals surface area contributed by atoms with Crippen LogP contribution in [0.4, 0.5) is 22.2 Å². The van der Waals surface area contributed by atoms with E-state index in [2.05, 4.69) is 27.8 Å². The number of likely N-dealkylation sites (N-methyl/N-ethyl adjacent to an activating group) is 2. The summed E-state index contributed by atoms with van der Waals surface area (Å²) < 4.78 is 13.0. The smallest absolute Gasteiger partial charge is 0.321 e. The molecule has 0 aliphatic carbocycles. The lowest BCUT2D eigenvalue weighted by Gasteiger charge is -2.23. The highest BCUT2D eigenvalue weighted by atomic mass is 35.5. The molecular weight excluding hydrogens is 568 g/mol. The van der Waals surface area contributed by atoms with Gasteiger partial charge < -0.3 is 34.5 Å². The predicted octanol–water partition coefficient (Wildman–Crippen LogP) is 5.47. The van der Waals surface area contributed by atoms with Crippen LogP contribution in [0.2, 0.25) is 5.02 Å². The van der Waals surface area contributed by atoms with Gasteiger partial charge in [0.1, 0.15) is 0 Å². The lowest BCUT2D eigenvalue weighted by Crippen LogP contribution is -2.37. The Bertz CT molecular complexity index is 1730. The first-order valence-electron chi connectivity index (χ1n) is 13.8. The predicted molar refractivity (Wildman–Crippen MR) is 167 cm³/mol. The van der Waals surface area contributed by atoms with E-state index < -0.39 is 0 Å². The Morgan fingerprint density at radius 1 is 0.953 bits per heavy atom. The Labute approximate surface area is 254 Å². The van der Waals surface area contributed by atoms with Crippen LogP contribution in [0.3, 0.4) is 0 Å². The number of hydrogen-bond donors (Lipinski definition) is 2. The number of carbonyl (C=O) groups is 1. The zero-order valence-electron chi connectivity index (χ0n) is 23.8. The number of anilines is 3. The van der Waals surface area contributed by atoms with Gasteiger partial charge in [-0.3, -0.25) is 0 Å². The molecule has 0 atom stereocenters. The highest BCUT2D eigenvalue weighted by Crippen LogP contribution is 2.33. The summed E-state index contributed by atoms with van der Waals surface area (Å²) >= 11 is 5.96. The van der Waals surface area contributed by atoms with Crippen LogP contribution in [-0.2, 0) is 13.1 Å². The van der Waals surface area contributed by atoms with Gasteiger partial charge in [0.05, 0.1) is 12.9 Å². The molecular formula is C31H31ClN8O3.